The van der Waals surface area contributed by atoms with Gasteiger partial charge in [-0.25, -0.2) is 0 Å². The van der Waals surface area contributed by atoms with Gasteiger partial charge >= 0.3 is 5.97 Å². The summed E-state index contributed by atoms with van der Waals surface area (Å²) in [6.07, 6.45) is -0.976. The first-order valence-corrected chi connectivity index (χ1v) is 8.44. The zero-order valence-electron chi connectivity index (χ0n) is 15.8. The minimum Gasteiger partial charge on any atom is -0.480 e. The molecule has 0 radical (unpaired) electrons. The number of carbonyl (C=O) groups excluding carboxylic acids is 3. The highest BCUT2D eigenvalue weighted by Gasteiger charge is 2.31. The second-order valence-electron chi connectivity index (χ2n) is 6.77. The van der Waals surface area contributed by atoms with Gasteiger partial charge in [-0.15, -0.1) is 0 Å². The smallest absolute Gasteiger partial charge is 0.325 e. The predicted octanol–water partition coefficient (Wildman–Crippen LogP) is -1.68. The Morgan fingerprint density at radius 1 is 0.885 bits per heavy atom. The van der Waals surface area contributed by atoms with E-state index in [-0.39, 0.29) is 12.3 Å². The van der Waals surface area contributed by atoms with Gasteiger partial charge < -0.3 is 31.9 Å². The molecule has 0 aromatic carbocycles. The normalized spacial score (nSPS) is 16.8. The van der Waals surface area contributed by atoms with Gasteiger partial charge in [-0.05, 0) is 33.1 Å². The molecule has 0 spiro atoms. The number of aliphatic carboxylic acids is 1. The lowest BCUT2D eigenvalue weighted by Gasteiger charge is -2.26. The minimum atomic E-state index is -1.30. The third kappa shape index (κ3) is 8.26. The Hall–Kier alpha value is -2.20. The molecule has 7 N–H and O–H groups in total. The predicted molar refractivity (Wildman–Crippen MR) is 93.9 cm³/mol. The fourth-order valence-corrected chi connectivity index (χ4v) is 2.03. The first kappa shape index (κ1) is 23.8. The minimum absolute atomic E-state index is 0.0230. The molecule has 10 nitrogen and oxygen atoms in total. The van der Waals surface area contributed by atoms with Crippen molar-refractivity contribution in [1.29, 1.82) is 0 Å². The molecule has 0 aromatic heterocycles. The molecule has 0 saturated heterocycles. The third-order valence-electron chi connectivity index (χ3n) is 3.55. The quantitative estimate of drug-likeness (QED) is 0.265. The molecule has 0 bridgehead atoms. The Morgan fingerprint density at radius 2 is 1.42 bits per heavy atom. The fraction of sp³-hybridized carbons (Fsp3) is 0.750. The van der Waals surface area contributed by atoms with Crippen LogP contribution in [0.15, 0.2) is 0 Å². The van der Waals surface area contributed by atoms with E-state index in [2.05, 4.69) is 16.0 Å². The topological polar surface area (TPSA) is 171 Å². The van der Waals surface area contributed by atoms with Crippen LogP contribution in [0.25, 0.3) is 0 Å². The van der Waals surface area contributed by atoms with Gasteiger partial charge in [-0.2, -0.15) is 0 Å². The summed E-state index contributed by atoms with van der Waals surface area (Å²) >= 11 is 0. The molecule has 150 valence electrons. The zero-order chi connectivity index (χ0) is 20.6. The Bertz CT molecular complexity index is 521. The van der Waals surface area contributed by atoms with E-state index in [1.54, 1.807) is 0 Å². The van der Waals surface area contributed by atoms with E-state index in [1.165, 1.54) is 20.8 Å². The molecule has 0 saturated carbocycles. The molecule has 3 amide bonds. The molecule has 0 aliphatic carbocycles. The van der Waals surface area contributed by atoms with Gasteiger partial charge in [0.25, 0.3) is 0 Å². The van der Waals surface area contributed by atoms with Crippen LogP contribution in [0.4, 0.5) is 0 Å². The SMILES string of the molecule is CC(C)C[C@H](NC(=O)[C@@H](NC(=O)[C@H](C)N)[C@@H](C)O)C(=O)N[C@@H](C)C(=O)O. The maximum atomic E-state index is 12.4. The van der Waals surface area contributed by atoms with Gasteiger partial charge in [0.2, 0.25) is 17.7 Å². The summed E-state index contributed by atoms with van der Waals surface area (Å²) < 4.78 is 0. The van der Waals surface area contributed by atoms with Crippen LogP contribution in [0.1, 0.15) is 41.0 Å². The first-order chi connectivity index (χ1) is 11.9. The highest BCUT2D eigenvalue weighted by molar-refractivity contribution is 5.94. The van der Waals surface area contributed by atoms with Crippen molar-refractivity contribution in [2.24, 2.45) is 11.7 Å². The fourth-order valence-electron chi connectivity index (χ4n) is 2.03. The summed E-state index contributed by atoms with van der Waals surface area (Å²) in [5, 5.41) is 25.7. The van der Waals surface area contributed by atoms with Gasteiger partial charge in [0.15, 0.2) is 0 Å². The Labute approximate surface area is 152 Å². The van der Waals surface area contributed by atoms with Crippen LogP contribution in [0.2, 0.25) is 0 Å². The summed E-state index contributed by atoms with van der Waals surface area (Å²) in [6.45, 7) is 7.70. The Morgan fingerprint density at radius 3 is 1.81 bits per heavy atom. The second kappa shape index (κ2) is 10.7. The van der Waals surface area contributed by atoms with Crippen molar-refractivity contribution in [2.75, 3.05) is 0 Å². The molecular formula is C16H30N4O6. The van der Waals surface area contributed by atoms with Gasteiger partial charge in [0, 0.05) is 0 Å². The largest absolute Gasteiger partial charge is 0.480 e. The number of nitrogens with one attached hydrogen (secondary N) is 3. The van der Waals surface area contributed by atoms with E-state index >= 15 is 0 Å². The monoisotopic (exact) mass is 374 g/mol. The van der Waals surface area contributed by atoms with Gasteiger partial charge in [0.1, 0.15) is 18.1 Å². The second-order valence-corrected chi connectivity index (χ2v) is 6.77. The van der Waals surface area contributed by atoms with E-state index in [0.717, 1.165) is 0 Å². The lowest BCUT2D eigenvalue weighted by molar-refractivity contribution is -0.142. The molecule has 0 rings (SSSR count). The molecular weight excluding hydrogens is 344 g/mol. The van der Waals surface area contributed by atoms with Crippen LogP contribution in [0, 0.1) is 5.92 Å². The summed E-state index contributed by atoms with van der Waals surface area (Å²) in [4.78, 5) is 47.3. The standard InChI is InChI=1S/C16H30N4O6/c1-7(2)6-11(14(23)18-9(4)16(25)26)19-15(24)12(10(5)21)20-13(22)8(3)17/h7-12,21H,6,17H2,1-5H3,(H,18,23)(H,19,24)(H,20,22)(H,25,26)/t8-,9-,10+,11-,12-/m0/s1. The molecule has 0 heterocycles. The number of carboxylic acids is 1. The summed E-state index contributed by atoms with van der Waals surface area (Å²) in [6, 6.07) is -4.32. The number of aliphatic hydroxyl groups excluding tert-OH is 1. The molecule has 0 aliphatic rings. The maximum absolute atomic E-state index is 12.4. The van der Waals surface area contributed by atoms with Crippen molar-refractivity contribution in [1.82, 2.24) is 16.0 Å². The molecule has 0 unspecified atom stereocenters. The van der Waals surface area contributed by atoms with Crippen LogP contribution < -0.4 is 21.7 Å². The molecule has 5 atom stereocenters. The zero-order valence-corrected chi connectivity index (χ0v) is 15.8. The highest BCUT2D eigenvalue weighted by Crippen LogP contribution is 2.07. The summed E-state index contributed by atoms with van der Waals surface area (Å²) in [5.74, 6) is -3.24. The third-order valence-corrected chi connectivity index (χ3v) is 3.55. The average molecular weight is 374 g/mol. The summed E-state index contributed by atoms with van der Waals surface area (Å²) in [7, 11) is 0. The number of aliphatic hydroxyl groups is 1. The number of carboxylic acid groups (broad SMARTS) is 1. The van der Waals surface area contributed by atoms with Crippen molar-refractivity contribution in [3.63, 3.8) is 0 Å². The number of amides is 3. The van der Waals surface area contributed by atoms with Crippen molar-refractivity contribution >= 4 is 23.7 Å². The number of nitrogens with two attached hydrogens (primary N) is 1. The molecule has 26 heavy (non-hydrogen) atoms. The average Bonchev–Trinajstić information content (AvgIpc) is 2.50. The lowest BCUT2D eigenvalue weighted by Crippen LogP contribution is -2.59. The van der Waals surface area contributed by atoms with E-state index in [1.807, 2.05) is 13.8 Å². The first-order valence-electron chi connectivity index (χ1n) is 8.44. The molecule has 0 aromatic rings. The van der Waals surface area contributed by atoms with Crippen molar-refractivity contribution in [2.45, 2.75) is 71.3 Å². The van der Waals surface area contributed by atoms with Crippen LogP contribution in [0.5, 0.6) is 0 Å². The van der Waals surface area contributed by atoms with Crippen LogP contribution in [-0.2, 0) is 19.2 Å². The van der Waals surface area contributed by atoms with Crippen molar-refractivity contribution < 1.29 is 29.4 Å². The van der Waals surface area contributed by atoms with Crippen LogP contribution in [0.3, 0.4) is 0 Å². The highest BCUT2D eigenvalue weighted by atomic mass is 16.4. The van der Waals surface area contributed by atoms with Crippen LogP contribution in [-0.4, -0.2) is 64.2 Å². The summed E-state index contributed by atoms with van der Waals surface area (Å²) in [5.41, 5.74) is 5.44. The molecule has 0 fully saturated rings. The number of hydrogen-bond acceptors (Lipinski definition) is 6. The number of hydrogen-bond donors (Lipinski definition) is 6. The lowest BCUT2D eigenvalue weighted by atomic mass is 10.0. The molecule has 10 heteroatoms. The van der Waals surface area contributed by atoms with E-state index in [4.69, 9.17) is 10.8 Å². The van der Waals surface area contributed by atoms with Crippen molar-refractivity contribution in [3.8, 4) is 0 Å². The number of carbonyl (C=O) groups is 4. The molecule has 0 aliphatic heterocycles. The maximum Gasteiger partial charge on any atom is 0.325 e. The van der Waals surface area contributed by atoms with E-state index in [0.29, 0.717) is 0 Å². The van der Waals surface area contributed by atoms with Crippen molar-refractivity contribution in [3.05, 3.63) is 0 Å². The van der Waals surface area contributed by atoms with Gasteiger partial charge in [0.05, 0.1) is 12.1 Å². The Kier molecular flexibility index (Phi) is 9.81. The Balaban J connectivity index is 5.21. The van der Waals surface area contributed by atoms with E-state index in [9.17, 15) is 24.3 Å². The van der Waals surface area contributed by atoms with E-state index < -0.39 is 54.0 Å². The van der Waals surface area contributed by atoms with Gasteiger partial charge in [-0.1, -0.05) is 13.8 Å². The van der Waals surface area contributed by atoms with Gasteiger partial charge in [-0.3, -0.25) is 19.2 Å². The van der Waals surface area contributed by atoms with Crippen LogP contribution >= 0.6 is 0 Å². The number of rotatable bonds is 10.